The van der Waals surface area contributed by atoms with Gasteiger partial charge in [-0.3, -0.25) is 4.90 Å². The number of β-amino-alcohol motifs (C(OH)–C–C–N with tert-alkyl or cyclic N) is 1. The summed E-state index contributed by atoms with van der Waals surface area (Å²) in [7, 11) is 4.19. The average Bonchev–Trinajstić information content (AvgIpc) is 2.94. The second kappa shape index (κ2) is 12.6. The van der Waals surface area contributed by atoms with Crippen LogP contribution in [-0.4, -0.2) is 80.6 Å². The highest BCUT2D eigenvalue weighted by Crippen LogP contribution is 2.34. The van der Waals surface area contributed by atoms with Gasteiger partial charge in [0.1, 0.15) is 12.4 Å². The van der Waals surface area contributed by atoms with Crippen molar-refractivity contribution >= 4 is 17.3 Å². The van der Waals surface area contributed by atoms with E-state index in [1.54, 1.807) is 7.11 Å². The van der Waals surface area contributed by atoms with Crippen molar-refractivity contribution < 1.29 is 32.8 Å². The van der Waals surface area contributed by atoms with E-state index < -0.39 is 18.2 Å². The van der Waals surface area contributed by atoms with E-state index in [0.29, 0.717) is 18.2 Å². The molecule has 0 bridgehead atoms. The zero-order valence-electron chi connectivity index (χ0n) is 21.5. The lowest BCUT2D eigenvalue weighted by Gasteiger charge is -2.36. The van der Waals surface area contributed by atoms with Crippen molar-refractivity contribution in [2.45, 2.75) is 6.61 Å². The molecule has 38 heavy (non-hydrogen) atoms. The molecule has 0 aliphatic carbocycles. The van der Waals surface area contributed by atoms with Gasteiger partial charge in [0.25, 0.3) is 0 Å². The summed E-state index contributed by atoms with van der Waals surface area (Å²) in [6.07, 6.45) is 2.81. The maximum absolute atomic E-state index is 14.6. The third kappa shape index (κ3) is 6.14. The first-order valence-electron chi connectivity index (χ1n) is 12.0. The first kappa shape index (κ1) is 27.1. The maximum atomic E-state index is 14.6. The van der Waals surface area contributed by atoms with E-state index in [1.165, 1.54) is 26.6 Å². The number of benzene rings is 2. The monoisotopic (exact) mass is 531 g/mol. The number of nitrogens with zero attached hydrogens (tertiary/aromatic N) is 4. The number of hydrogen-bond acceptors (Lipinski definition) is 10. The van der Waals surface area contributed by atoms with Gasteiger partial charge in [0.2, 0.25) is 5.95 Å². The highest BCUT2D eigenvalue weighted by molar-refractivity contribution is 5.67. The normalized spacial score (nSPS) is 13.8. The molecule has 0 radical (unpaired) electrons. The number of hydrogen-bond donors (Lipinski definition) is 2. The van der Waals surface area contributed by atoms with Gasteiger partial charge < -0.3 is 34.3 Å². The number of aliphatic hydroxyl groups is 1. The van der Waals surface area contributed by atoms with Crippen LogP contribution in [0.2, 0.25) is 0 Å². The smallest absolute Gasteiger partial charge is 0.227 e. The number of aromatic nitrogens is 2. The Balaban J connectivity index is 1.39. The zero-order valence-corrected chi connectivity index (χ0v) is 21.5. The fourth-order valence-corrected chi connectivity index (χ4v) is 4.17. The second-order valence-electron chi connectivity index (χ2n) is 8.48. The third-order valence-corrected chi connectivity index (χ3v) is 6.24. The Morgan fingerprint density at radius 1 is 0.895 bits per heavy atom. The Labute approximate surface area is 219 Å². The van der Waals surface area contributed by atoms with Crippen molar-refractivity contribution in [1.29, 1.82) is 0 Å². The molecule has 0 unspecified atom stereocenters. The molecule has 204 valence electrons. The summed E-state index contributed by atoms with van der Waals surface area (Å²) in [5, 5.41) is 12.3. The molecule has 1 aliphatic heterocycles. The summed E-state index contributed by atoms with van der Waals surface area (Å²) in [4.78, 5) is 12.9. The Morgan fingerprint density at radius 3 is 2.11 bits per heavy atom. The number of piperazine rings is 1. The van der Waals surface area contributed by atoms with Crippen molar-refractivity contribution in [3.63, 3.8) is 0 Å². The van der Waals surface area contributed by atoms with Crippen LogP contribution in [0.3, 0.4) is 0 Å². The fraction of sp³-hybridized carbons (Fsp3) is 0.385. The van der Waals surface area contributed by atoms with Gasteiger partial charge in [-0.2, -0.15) is 0 Å². The van der Waals surface area contributed by atoms with Gasteiger partial charge in [-0.1, -0.05) is 0 Å². The molecule has 3 aromatic rings. The van der Waals surface area contributed by atoms with Crippen LogP contribution in [0.4, 0.5) is 26.1 Å². The quantitative estimate of drug-likeness (QED) is 0.384. The molecule has 0 amide bonds. The lowest BCUT2D eigenvalue weighted by atomic mass is 10.1. The Morgan fingerprint density at radius 2 is 1.53 bits per heavy atom. The van der Waals surface area contributed by atoms with Crippen molar-refractivity contribution in [3.05, 3.63) is 53.9 Å². The number of rotatable bonds is 11. The number of aliphatic hydroxyl groups excluding tert-OH is 1. The summed E-state index contributed by atoms with van der Waals surface area (Å²) < 4.78 is 50.1. The van der Waals surface area contributed by atoms with E-state index in [0.717, 1.165) is 43.6 Å². The lowest BCUT2D eigenvalue weighted by molar-refractivity contribution is 0.188. The van der Waals surface area contributed by atoms with Crippen LogP contribution < -0.4 is 29.2 Å². The molecule has 1 aliphatic rings. The molecular weight excluding hydrogens is 500 g/mol. The molecule has 0 spiro atoms. The van der Waals surface area contributed by atoms with E-state index in [9.17, 15) is 8.78 Å². The third-order valence-electron chi connectivity index (χ3n) is 6.24. The molecule has 0 atom stereocenters. The van der Waals surface area contributed by atoms with Crippen LogP contribution in [0.1, 0.15) is 5.56 Å². The van der Waals surface area contributed by atoms with Crippen molar-refractivity contribution in [2.75, 3.05) is 70.9 Å². The average molecular weight is 532 g/mol. The van der Waals surface area contributed by atoms with Crippen LogP contribution in [0, 0.1) is 11.6 Å². The molecule has 2 heterocycles. The fourth-order valence-electron chi connectivity index (χ4n) is 4.17. The summed E-state index contributed by atoms with van der Waals surface area (Å²) in [6.45, 7) is 3.85. The summed E-state index contributed by atoms with van der Waals surface area (Å²) in [6, 6.07) is 6.89. The molecule has 2 N–H and O–H groups in total. The molecule has 12 heteroatoms. The minimum Gasteiger partial charge on any atom is -0.495 e. The Bertz CT molecular complexity index is 1200. The SMILES string of the molecule is COc1cc(Nc2ncc(OCc3c(F)c(OC)cc(OC)c3F)cn2)ccc1N1CCN(CCO)CC1. The molecule has 4 rings (SSSR count). The first-order valence-corrected chi connectivity index (χ1v) is 12.0. The van der Waals surface area contributed by atoms with Crippen LogP contribution in [0.25, 0.3) is 0 Å². The standard InChI is InChI=1S/C26H31F2N5O5/c1-35-21-12-17(4-5-20(21)33-8-6-32(7-9-33)10-11-34)31-26-29-14-18(15-30-26)38-16-19-24(27)22(36-2)13-23(37-3)25(19)28/h4-5,12-15,34H,6-11,16H2,1-3H3,(H,29,30,31). The Hall–Kier alpha value is -3.90. The van der Waals surface area contributed by atoms with Crippen molar-refractivity contribution in [1.82, 2.24) is 14.9 Å². The highest BCUT2D eigenvalue weighted by atomic mass is 19.1. The first-order chi connectivity index (χ1) is 18.5. The van der Waals surface area contributed by atoms with Crippen LogP contribution in [0.5, 0.6) is 23.0 Å². The summed E-state index contributed by atoms with van der Waals surface area (Å²) in [5.41, 5.74) is 1.39. The topological polar surface area (TPSA) is 101 Å². The van der Waals surface area contributed by atoms with Crippen LogP contribution in [0.15, 0.2) is 36.7 Å². The minimum absolute atomic E-state index is 0.150. The van der Waals surface area contributed by atoms with Gasteiger partial charge in [-0.05, 0) is 12.1 Å². The number of anilines is 3. The molecule has 2 aromatic carbocycles. The van der Waals surface area contributed by atoms with E-state index >= 15 is 0 Å². The molecule has 1 aromatic heterocycles. The van der Waals surface area contributed by atoms with Crippen LogP contribution in [-0.2, 0) is 6.61 Å². The molecule has 0 saturated carbocycles. The van der Waals surface area contributed by atoms with Gasteiger partial charge in [0, 0.05) is 50.5 Å². The van der Waals surface area contributed by atoms with E-state index in [4.69, 9.17) is 24.1 Å². The zero-order chi connectivity index (χ0) is 27.1. The highest BCUT2D eigenvalue weighted by Gasteiger charge is 2.21. The molecule has 10 nitrogen and oxygen atoms in total. The summed E-state index contributed by atoms with van der Waals surface area (Å²) >= 11 is 0. The van der Waals surface area contributed by atoms with Gasteiger partial charge in [-0.25, -0.2) is 18.7 Å². The predicted molar refractivity (Wildman–Crippen MR) is 138 cm³/mol. The number of halogens is 2. The number of methoxy groups -OCH3 is 3. The summed E-state index contributed by atoms with van der Waals surface area (Å²) in [5.74, 6) is -0.784. The second-order valence-corrected chi connectivity index (χ2v) is 8.48. The van der Waals surface area contributed by atoms with Crippen LogP contribution >= 0.6 is 0 Å². The Kier molecular flexibility index (Phi) is 8.98. The van der Waals surface area contributed by atoms with E-state index in [2.05, 4.69) is 25.1 Å². The lowest BCUT2D eigenvalue weighted by Crippen LogP contribution is -2.47. The van der Waals surface area contributed by atoms with Crippen molar-refractivity contribution in [2.24, 2.45) is 0 Å². The minimum atomic E-state index is -0.866. The molecule has 1 fully saturated rings. The number of ether oxygens (including phenoxy) is 4. The van der Waals surface area contributed by atoms with Gasteiger partial charge in [0.05, 0.1) is 51.6 Å². The van der Waals surface area contributed by atoms with Crippen molar-refractivity contribution in [3.8, 4) is 23.0 Å². The predicted octanol–water partition coefficient (Wildman–Crippen LogP) is 3.22. The van der Waals surface area contributed by atoms with E-state index in [-0.39, 0.29) is 29.4 Å². The maximum Gasteiger partial charge on any atom is 0.227 e. The van der Waals surface area contributed by atoms with Gasteiger partial charge in [0.15, 0.2) is 28.9 Å². The molecular formula is C26H31F2N5O5. The van der Waals surface area contributed by atoms with Gasteiger partial charge >= 0.3 is 0 Å². The van der Waals surface area contributed by atoms with E-state index in [1.807, 2.05) is 18.2 Å². The number of nitrogens with one attached hydrogen (secondary N) is 1. The largest absolute Gasteiger partial charge is 0.495 e. The van der Waals surface area contributed by atoms with Gasteiger partial charge in [-0.15, -0.1) is 0 Å². The molecule has 1 saturated heterocycles.